The predicted octanol–water partition coefficient (Wildman–Crippen LogP) is 3.70. The molecule has 0 saturated carbocycles. The molecule has 2 unspecified atom stereocenters. The maximum Gasteiger partial charge on any atom is 0.189 e. The van der Waals surface area contributed by atoms with Gasteiger partial charge in [0.05, 0.1) is 19.2 Å². The summed E-state index contributed by atoms with van der Waals surface area (Å²) in [4.78, 5) is 7.19. The highest BCUT2D eigenvalue weighted by molar-refractivity contribution is 14.0. The van der Waals surface area contributed by atoms with Gasteiger partial charge in [-0.1, -0.05) is 48.5 Å². The van der Waals surface area contributed by atoms with Crippen molar-refractivity contribution in [3.05, 3.63) is 65.7 Å². The number of rotatable bonds is 5. The molecule has 150 valence electrons. The molecule has 1 fully saturated rings. The van der Waals surface area contributed by atoms with Crippen molar-refractivity contribution < 1.29 is 4.74 Å². The van der Waals surface area contributed by atoms with Crippen LogP contribution >= 0.6 is 24.0 Å². The van der Waals surface area contributed by atoms with Crippen LogP contribution in [0.4, 0.5) is 0 Å². The van der Waals surface area contributed by atoms with Gasteiger partial charge in [0, 0.05) is 24.6 Å². The summed E-state index contributed by atoms with van der Waals surface area (Å²) in [6, 6.07) is 19.4. The maximum atomic E-state index is 6.22. The molecule has 2 aliphatic heterocycles. The minimum Gasteiger partial charge on any atom is -0.493 e. The van der Waals surface area contributed by atoms with E-state index in [1.807, 2.05) is 18.2 Å². The summed E-state index contributed by atoms with van der Waals surface area (Å²) < 4.78 is 5.72. The standard InChI is InChI=1S/C22H28N4O.HI/c23-22(25-20-12-14-27-21-11-5-4-10-19(20)21)24-15-18-9-6-13-26(18)16-17-7-2-1-3-8-17;/h1-5,7-8,10-11,18,20H,6,9,12-16H2,(H3,23,24,25);1H. The highest BCUT2D eigenvalue weighted by Crippen LogP contribution is 2.31. The lowest BCUT2D eigenvalue weighted by Gasteiger charge is -2.27. The minimum absolute atomic E-state index is 0. The van der Waals surface area contributed by atoms with E-state index in [0.717, 1.165) is 37.4 Å². The molecule has 6 heteroatoms. The zero-order valence-electron chi connectivity index (χ0n) is 16.1. The van der Waals surface area contributed by atoms with Crippen LogP contribution in [0.25, 0.3) is 0 Å². The van der Waals surface area contributed by atoms with Crippen molar-refractivity contribution in [2.24, 2.45) is 10.7 Å². The molecule has 2 aromatic carbocycles. The molecule has 0 amide bonds. The number of nitrogens with zero attached hydrogens (tertiary/aromatic N) is 2. The quantitative estimate of drug-likeness (QED) is 0.380. The Morgan fingerprint density at radius 1 is 1.11 bits per heavy atom. The molecule has 2 atom stereocenters. The Balaban J connectivity index is 0.00000225. The number of likely N-dealkylation sites (tertiary alicyclic amines) is 1. The summed E-state index contributed by atoms with van der Waals surface area (Å²) in [6.45, 7) is 3.57. The molecule has 28 heavy (non-hydrogen) atoms. The topological polar surface area (TPSA) is 62.9 Å². The molecular weight excluding hydrogens is 463 g/mol. The molecule has 1 saturated heterocycles. The van der Waals surface area contributed by atoms with E-state index in [9.17, 15) is 0 Å². The Morgan fingerprint density at radius 2 is 1.89 bits per heavy atom. The first-order chi connectivity index (χ1) is 13.3. The lowest BCUT2D eigenvalue weighted by atomic mass is 10.0. The van der Waals surface area contributed by atoms with Crippen LogP contribution in [0.15, 0.2) is 59.6 Å². The Kier molecular flexibility index (Phi) is 7.56. The lowest BCUT2D eigenvalue weighted by molar-refractivity contribution is 0.250. The van der Waals surface area contributed by atoms with E-state index in [4.69, 9.17) is 10.5 Å². The number of benzene rings is 2. The average molecular weight is 492 g/mol. The van der Waals surface area contributed by atoms with Crippen LogP contribution in [-0.2, 0) is 6.54 Å². The van der Waals surface area contributed by atoms with Crippen LogP contribution in [0.3, 0.4) is 0 Å². The van der Waals surface area contributed by atoms with E-state index in [-0.39, 0.29) is 30.0 Å². The molecule has 5 nitrogen and oxygen atoms in total. The van der Waals surface area contributed by atoms with Crippen LogP contribution in [-0.4, -0.2) is 36.6 Å². The molecule has 2 aliphatic rings. The van der Waals surface area contributed by atoms with Gasteiger partial charge in [-0.2, -0.15) is 0 Å². The summed E-state index contributed by atoms with van der Waals surface area (Å²) in [7, 11) is 0. The number of aliphatic imine (C=N–C) groups is 1. The third-order valence-electron chi connectivity index (χ3n) is 5.48. The van der Waals surface area contributed by atoms with Crippen molar-refractivity contribution in [2.45, 2.75) is 37.9 Å². The largest absolute Gasteiger partial charge is 0.493 e. The monoisotopic (exact) mass is 492 g/mol. The van der Waals surface area contributed by atoms with Gasteiger partial charge in [-0.25, -0.2) is 0 Å². The molecule has 0 radical (unpaired) electrons. The molecule has 0 spiro atoms. The number of halogens is 1. The maximum absolute atomic E-state index is 6.22. The number of fused-ring (bicyclic) bond motifs is 1. The van der Waals surface area contributed by atoms with Crippen molar-refractivity contribution in [1.29, 1.82) is 0 Å². The van der Waals surface area contributed by atoms with Gasteiger partial charge < -0.3 is 15.8 Å². The first-order valence-electron chi connectivity index (χ1n) is 9.86. The molecule has 0 bridgehead atoms. The number of nitrogens with two attached hydrogens (primary N) is 1. The highest BCUT2D eigenvalue weighted by atomic mass is 127. The Bertz CT molecular complexity index is 783. The third kappa shape index (κ3) is 5.17. The van der Waals surface area contributed by atoms with Crippen molar-refractivity contribution in [1.82, 2.24) is 10.2 Å². The van der Waals surface area contributed by atoms with Crippen LogP contribution in [0.1, 0.15) is 36.4 Å². The van der Waals surface area contributed by atoms with E-state index in [1.165, 1.54) is 18.4 Å². The van der Waals surface area contributed by atoms with E-state index in [1.54, 1.807) is 0 Å². The fourth-order valence-corrected chi connectivity index (χ4v) is 4.05. The lowest BCUT2D eigenvalue weighted by Crippen LogP contribution is -2.39. The number of nitrogens with one attached hydrogen (secondary N) is 1. The van der Waals surface area contributed by atoms with Crippen LogP contribution in [0.2, 0.25) is 0 Å². The number of hydrogen-bond donors (Lipinski definition) is 2. The van der Waals surface area contributed by atoms with Gasteiger partial charge in [0.2, 0.25) is 0 Å². The fraction of sp³-hybridized carbons (Fsp3) is 0.409. The Labute approximate surface area is 184 Å². The zero-order chi connectivity index (χ0) is 18.5. The normalized spacial score (nSPS) is 22.1. The summed E-state index contributed by atoms with van der Waals surface area (Å²) in [5, 5.41) is 3.39. The van der Waals surface area contributed by atoms with E-state index in [0.29, 0.717) is 18.6 Å². The van der Waals surface area contributed by atoms with Crippen LogP contribution in [0, 0.1) is 0 Å². The number of ether oxygens (including phenoxy) is 1. The Morgan fingerprint density at radius 3 is 2.75 bits per heavy atom. The van der Waals surface area contributed by atoms with E-state index >= 15 is 0 Å². The molecule has 2 aromatic rings. The second-order valence-corrected chi connectivity index (χ2v) is 7.35. The fourth-order valence-electron chi connectivity index (χ4n) is 4.05. The van der Waals surface area contributed by atoms with Gasteiger partial charge in [-0.15, -0.1) is 24.0 Å². The average Bonchev–Trinajstić information content (AvgIpc) is 3.14. The van der Waals surface area contributed by atoms with Crippen molar-refractivity contribution in [3.63, 3.8) is 0 Å². The molecule has 4 rings (SSSR count). The van der Waals surface area contributed by atoms with Gasteiger partial charge >= 0.3 is 0 Å². The minimum atomic E-state index is 0. The Hall–Kier alpha value is -1.80. The number of hydrogen-bond acceptors (Lipinski definition) is 3. The smallest absolute Gasteiger partial charge is 0.189 e. The zero-order valence-corrected chi connectivity index (χ0v) is 18.4. The first-order valence-corrected chi connectivity index (χ1v) is 9.86. The molecule has 2 heterocycles. The van der Waals surface area contributed by atoms with E-state index in [2.05, 4.69) is 51.6 Å². The second-order valence-electron chi connectivity index (χ2n) is 7.35. The first kappa shape index (κ1) is 20.9. The summed E-state index contributed by atoms with van der Waals surface area (Å²) in [5.41, 5.74) is 8.74. The van der Waals surface area contributed by atoms with Crippen molar-refractivity contribution >= 4 is 29.9 Å². The third-order valence-corrected chi connectivity index (χ3v) is 5.48. The van der Waals surface area contributed by atoms with Crippen LogP contribution < -0.4 is 15.8 Å². The summed E-state index contributed by atoms with van der Waals surface area (Å²) in [6.07, 6.45) is 3.31. The summed E-state index contributed by atoms with van der Waals surface area (Å²) in [5.74, 6) is 1.47. The van der Waals surface area contributed by atoms with Gasteiger partial charge in [-0.3, -0.25) is 9.89 Å². The van der Waals surface area contributed by atoms with Gasteiger partial charge in [0.15, 0.2) is 5.96 Å². The van der Waals surface area contributed by atoms with Crippen molar-refractivity contribution in [3.8, 4) is 5.75 Å². The SMILES string of the molecule is I.NC(=NCC1CCCN1Cc1ccccc1)NC1CCOc2ccccc21. The highest BCUT2D eigenvalue weighted by Gasteiger charge is 2.25. The molecule has 3 N–H and O–H groups in total. The predicted molar refractivity (Wildman–Crippen MR) is 124 cm³/mol. The van der Waals surface area contributed by atoms with Gasteiger partial charge in [-0.05, 0) is 31.0 Å². The van der Waals surface area contributed by atoms with Crippen molar-refractivity contribution in [2.75, 3.05) is 19.7 Å². The van der Waals surface area contributed by atoms with Gasteiger partial charge in [0.25, 0.3) is 0 Å². The van der Waals surface area contributed by atoms with Crippen LogP contribution in [0.5, 0.6) is 5.75 Å². The van der Waals surface area contributed by atoms with E-state index < -0.39 is 0 Å². The second kappa shape index (κ2) is 10.1. The molecular formula is C22H29IN4O. The molecule has 0 aromatic heterocycles. The number of para-hydroxylation sites is 1. The number of guanidine groups is 1. The van der Waals surface area contributed by atoms with Gasteiger partial charge in [0.1, 0.15) is 5.75 Å². The summed E-state index contributed by atoms with van der Waals surface area (Å²) >= 11 is 0. The molecule has 0 aliphatic carbocycles.